The van der Waals surface area contributed by atoms with Crippen molar-refractivity contribution in [3.05, 3.63) is 16.1 Å². The first-order valence-corrected chi connectivity index (χ1v) is 7.66. The van der Waals surface area contributed by atoms with E-state index in [-0.39, 0.29) is 17.9 Å². The topological polar surface area (TPSA) is 88.3 Å². The van der Waals surface area contributed by atoms with Crippen LogP contribution in [-0.4, -0.2) is 46.9 Å². The van der Waals surface area contributed by atoms with Gasteiger partial charge in [0, 0.05) is 24.4 Å². The monoisotopic (exact) mass is 296 g/mol. The third-order valence-electron chi connectivity index (χ3n) is 3.31. The summed E-state index contributed by atoms with van der Waals surface area (Å²) in [5.41, 5.74) is 5.83. The molecule has 1 aliphatic heterocycles. The summed E-state index contributed by atoms with van der Waals surface area (Å²) in [4.78, 5) is 30.2. The summed E-state index contributed by atoms with van der Waals surface area (Å²) in [6, 6.07) is -0.260. The number of rotatable bonds is 5. The second-order valence-electron chi connectivity index (χ2n) is 5.11. The zero-order valence-corrected chi connectivity index (χ0v) is 12.6. The summed E-state index contributed by atoms with van der Waals surface area (Å²) in [5.74, 6) is -0.292. The second kappa shape index (κ2) is 6.32. The van der Waals surface area contributed by atoms with Gasteiger partial charge in [0.15, 0.2) is 0 Å². The Balaban J connectivity index is 1.96. The van der Waals surface area contributed by atoms with E-state index >= 15 is 0 Å². The van der Waals surface area contributed by atoms with E-state index in [1.165, 1.54) is 11.3 Å². The van der Waals surface area contributed by atoms with Crippen LogP contribution in [0.3, 0.4) is 0 Å². The Hall–Kier alpha value is -1.47. The summed E-state index contributed by atoms with van der Waals surface area (Å²) < 4.78 is 0. The highest BCUT2D eigenvalue weighted by Crippen LogP contribution is 2.16. The number of carbonyl (C=O) groups excluding carboxylic acids is 2. The molecule has 0 saturated carbocycles. The highest BCUT2D eigenvalue weighted by molar-refractivity contribution is 7.09. The predicted molar refractivity (Wildman–Crippen MR) is 77.6 cm³/mol. The van der Waals surface area contributed by atoms with Crippen molar-refractivity contribution in [3.63, 3.8) is 0 Å². The van der Waals surface area contributed by atoms with Gasteiger partial charge in [-0.2, -0.15) is 0 Å². The van der Waals surface area contributed by atoms with Gasteiger partial charge in [0.05, 0.1) is 5.01 Å². The minimum Gasteiger partial charge on any atom is -0.339 e. The number of likely N-dealkylation sites (tertiary alicyclic amines) is 1. The van der Waals surface area contributed by atoms with Crippen LogP contribution in [0.4, 0.5) is 0 Å². The SMILES string of the molecule is CC(C)N1CCC(NC(=O)c2csc(CCN)n2)C1=O. The highest BCUT2D eigenvalue weighted by atomic mass is 32.1. The number of thiazole rings is 1. The molecule has 0 aliphatic carbocycles. The van der Waals surface area contributed by atoms with E-state index in [4.69, 9.17) is 5.73 Å². The molecule has 2 amide bonds. The number of hydrogen-bond donors (Lipinski definition) is 2. The number of carbonyl (C=O) groups is 2. The van der Waals surface area contributed by atoms with Gasteiger partial charge >= 0.3 is 0 Å². The number of nitrogens with zero attached hydrogens (tertiary/aromatic N) is 2. The zero-order valence-electron chi connectivity index (χ0n) is 11.8. The minimum atomic E-state index is -0.426. The molecule has 2 heterocycles. The van der Waals surface area contributed by atoms with Crippen molar-refractivity contribution in [2.24, 2.45) is 5.73 Å². The Labute approximate surface area is 122 Å². The average Bonchev–Trinajstić information content (AvgIpc) is 2.98. The number of amides is 2. The van der Waals surface area contributed by atoms with E-state index in [0.717, 1.165) is 5.01 Å². The van der Waals surface area contributed by atoms with Gasteiger partial charge in [-0.15, -0.1) is 11.3 Å². The molecule has 1 saturated heterocycles. The molecule has 0 radical (unpaired) electrons. The molecule has 3 N–H and O–H groups in total. The lowest BCUT2D eigenvalue weighted by molar-refractivity contribution is -0.130. The van der Waals surface area contributed by atoms with Gasteiger partial charge in [-0.05, 0) is 26.8 Å². The van der Waals surface area contributed by atoms with Crippen LogP contribution in [-0.2, 0) is 11.2 Å². The summed E-state index contributed by atoms with van der Waals surface area (Å²) >= 11 is 1.42. The van der Waals surface area contributed by atoms with Crippen LogP contribution in [0, 0.1) is 0 Å². The Morgan fingerprint density at radius 3 is 3.00 bits per heavy atom. The lowest BCUT2D eigenvalue weighted by Gasteiger charge is -2.20. The quantitative estimate of drug-likeness (QED) is 0.822. The van der Waals surface area contributed by atoms with Gasteiger partial charge < -0.3 is 16.0 Å². The lowest BCUT2D eigenvalue weighted by Crippen LogP contribution is -2.43. The van der Waals surface area contributed by atoms with Crippen molar-refractivity contribution in [2.45, 2.75) is 38.8 Å². The maximum absolute atomic E-state index is 12.1. The van der Waals surface area contributed by atoms with Crippen molar-refractivity contribution >= 4 is 23.2 Å². The molecule has 20 heavy (non-hydrogen) atoms. The molecular formula is C13H20N4O2S. The standard InChI is InChI=1S/C13H20N4O2S/c1-8(2)17-6-4-9(13(17)19)16-12(18)10-7-20-11(15-10)3-5-14/h7-9H,3-6,14H2,1-2H3,(H,16,18). The van der Waals surface area contributed by atoms with Crippen molar-refractivity contribution in [1.29, 1.82) is 0 Å². The van der Waals surface area contributed by atoms with Crippen LogP contribution in [0.25, 0.3) is 0 Å². The summed E-state index contributed by atoms with van der Waals surface area (Å²) in [6.45, 7) is 5.15. The maximum Gasteiger partial charge on any atom is 0.271 e. The first kappa shape index (κ1) is 14.9. The van der Waals surface area contributed by atoms with Gasteiger partial charge in [0.25, 0.3) is 5.91 Å². The molecule has 1 aliphatic rings. The van der Waals surface area contributed by atoms with Crippen molar-refractivity contribution < 1.29 is 9.59 Å². The smallest absolute Gasteiger partial charge is 0.271 e. The van der Waals surface area contributed by atoms with Gasteiger partial charge in [-0.3, -0.25) is 9.59 Å². The van der Waals surface area contributed by atoms with Crippen molar-refractivity contribution in [2.75, 3.05) is 13.1 Å². The summed E-state index contributed by atoms with van der Waals surface area (Å²) in [7, 11) is 0. The Bertz CT molecular complexity index is 500. The molecule has 0 spiro atoms. The molecule has 6 nitrogen and oxygen atoms in total. The first-order chi connectivity index (χ1) is 9.52. The molecule has 0 aromatic carbocycles. The third kappa shape index (κ3) is 3.16. The third-order valence-corrected chi connectivity index (χ3v) is 4.22. The number of hydrogen-bond acceptors (Lipinski definition) is 5. The van der Waals surface area contributed by atoms with Crippen LogP contribution >= 0.6 is 11.3 Å². The summed E-state index contributed by atoms with van der Waals surface area (Å²) in [5, 5.41) is 5.32. The Kier molecular flexibility index (Phi) is 4.72. The van der Waals surface area contributed by atoms with E-state index in [9.17, 15) is 9.59 Å². The minimum absolute atomic E-state index is 0.00855. The average molecular weight is 296 g/mol. The van der Waals surface area contributed by atoms with E-state index in [1.54, 1.807) is 10.3 Å². The van der Waals surface area contributed by atoms with E-state index in [2.05, 4.69) is 10.3 Å². The van der Waals surface area contributed by atoms with Gasteiger partial charge in [-0.1, -0.05) is 0 Å². The molecule has 1 fully saturated rings. The maximum atomic E-state index is 12.1. The lowest BCUT2D eigenvalue weighted by atomic mass is 10.2. The molecule has 1 atom stereocenters. The molecule has 1 aromatic rings. The largest absolute Gasteiger partial charge is 0.339 e. The van der Waals surface area contributed by atoms with Crippen LogP contribution in [0.1, 0.15) is 35.8 Å². The molecular weight excluding hydrogens is 276 g/mol. The Morgan fingerprint density at radius 2 is 2.40 bits per heavy atom. The first-order valence-electron chi connectivity index (χ1n) is 6.78. The van der Waals surface area contributed by atoms with E-state index in [0.29, 0.717) is 31.6 Å². The predicted octanol–water partition coefficient (Wildman–Crippen LogP) is 0.383. The highest BCUT2D eigenvalue weighted by Gasteiger charge is 2.34. The molecule has 110 valence electrons. The van der Waals surface area contributed by atoms with Gasteiger partial charge in [-0.25, -0.2) is 4.98 Å². The van der Waals surface area contributed by atoms with Crippen LogP contribution in [0.5, 0.6) is 0 Å². The van der Waals surface area contributed by atoms with Gasteiger partial charge in [0.2, 0.25) is 5.91 Å². The fourth-order valence-corrected chi connectivity index (χ4v) is 3.03. The van der Waals surface area contributed by atoms with E-state index in [1.807, 2.05) is 13.8 Å². The molecule has 0 bridgehead atoms. The number of nitrogens with two attached hydrogens (primary N) is 1. The normalized spacial score (nSPS) is 18.9. The van der Waals surface area contributed by atoms with Crippen molar-refractivity contribution in [3.8, 4) is 0 Å². The van der Waals surface area contributed by atoms with Crippen molar-refractivity contribution in [1.82, 2.24) is 15.2 Å². The molecule has 1 unspecified atom stereocenters. The van der Waals surface area contributed by atoms with Crippen LogP contribution in [0.2, 0.25) is 0 Å². The summed E-state index contributed by atoms with van der Waals surface area (Å²) in [6.07, 6.45) is 1.32. The van der Waals surface area contributed by atoms with Crippen LogP contribution < -0.4 is 11.1 Å². The number of aromatic nitrogens is 1. The molecule has 1 aromatic heterocycles. The van der Waals surface area contributed by atoms with Crippen LogP contribution in [0.15, 0.2) is 5.38 Å². The second-order valence-corrected chi connectivity index (χ2v) is 6.05. The fourth-order valence-electron chi connectivity index (χ4n) is 2.23. The van der Waals surface area contributed by atoms with E-state index < -0.39 is 6.04 Å². The van der Waals surface area contributed by atoms with Gasteiger partial charge in [0.1, 0.15) is 11.7 Å². The molecule has 7 heteroatoms. The molecule has 2 rings (SSSR count). The zero-order chi connectivity index (χ0) is 14.7. The number of nitrogens with one attached hydrogen (secondary N) is 1. The fraction of sp³-hybridized carbons (Fsp3) is 0.615. The Morgan fingerprint density at radius 1 is 1.65 bits per heavy atom.